The molecule has 1 aromatic heterocycles. The average molecular weight is 390 g/mol. The molecule has 2 aromatic rings. The zero-order valence-corrected chi connectivity index (χ0v) is 12.4. The van der Waals surface area contributed by atoms with Crippen molar-refractivity contribution in [1.29, 1.82) is 0 Å². The predicted molar refractivity (Wildman–Crippen MR) is 83.1 cm³/mol. The lowest BCUT2D eigenvalue weighted by molar-refractivity contribution is 0.0698. The number of nitrogens with zero attached hydrogens (tertiary/aromatic N) is 1. The summed E-state index contributed by atoms with van der Waals surface area (Å²) < 4.78 is 0.882. The number of aromatic carboxylic acids is 1. The van der Waals surface area contributed by atoms with Gasteiger partial charge < -0.3 is 16.2 Å². The number of halogens is 2. The summed E-state index contributed by atoms with van der Waals surface area (Å²) in [6.07, 6.45) is 1.39. The van der Waals surface area contributed by atoms with E-state index in [9.17, 15) is 4.79 Å². The highest BCUT2D eigenvalue weighted by atomic mass is 127. The first-order valence-corrected chi connectivity index (χ1v) is 6.64. The van der Waals surface area contributed by atoms with Gasteiger partial charge in [0, 0.05) is 14.8 Å². The van der Waals surface area contributed by atoms with Gasteiger partial charge in [-0.3, -0.25) is 0 Å². The fourth-order valence-electron chi connectivity index (χ4n) is 1.48. The summed E-state index contributed by atoms with van der Waals surface area (Å²) in [4.78, 5) is 15.0. The van der Waals surface area contributed by atoms with Gasteiger partial charge in [-0.25, -0.2) is 9.78 Å². The van der Waals surface area contributed by atoms with Crippen molar-refractivity contribution in [2.75, 3.05) is 11.1 Å². The zero-order valence-electron chi connectivity index (χ0n) is 9.52. The molecule has 0 amide bonds. The van der Waals surface area contributed by atoms with Gasteiger partial charge in [-0.1, -0.05) is 11.6 Å². The van der Waals surface area contributed by atoms with Crippen LogP contribution in [0.15, 0.2) is 30.5 Å². The van der Waals surface area contributed by atoms with Crippen molar-refractivity contribution < 1.29 is 9.90 Å². The van der Waals surface area contributed by atoms with Gasteiger partial charge in [0.25, 0.3) is 0 Å². The minimum absolute atomic E-state index is 0.0153. The molecule has 1 aromatic carbocycles. The van der Waals surface area contributed by atoms with Gasteiger partial charge in [-0.05, 0) is 46.9 Å². The van der Waals surface area contributed by atoms with Gasteiger partial charge in [-0.15, -0.1) is 0 Å². The van der Waals surface area contributed by atoms with E-state index in [0.29, 0.717) is 10.8 Å². The Morgan fingerprint density at radius 2 is 2.16 bits per heavy atom. The van der Waals surface area contributed by atoms with E-state index in [2.05, 4.69) is 32.9 Å². The van der Waals surface area contributed by atoms with E-state index < -0.39 is 5.97 Å². The molecule has 4 N–H and O–H groups in total. The van der Waals surface area contributed by atoms with E-state index in [1.54, 1.807) is 18.2 Å². The molecule has 7 heteroatoms. The number of carboxylic acids is 1. The van der Waals surface area contributed by atoms with Gasteiger partial charge in [-0.2, -0.15) is 0 Å². The number of hydrogen-bond acceptors (Lipinski definition) is 4. The number of rotatable bonds is 3. The van der Waals surface area contributed by atoms with Crippen LogP contribution in [0.2, 0.25) is 5.02 Å². The SMILES string of the molecule is Nc1c(C(=O)O)ccnc1Nc1ccc(Cl)cc1I. The van der Waals surface area contributed by atoms with Crippen LogP contribution in [-0.4, -0.2) is 16.1 Å². The molecule has 0 saturated heterocycles. The molecular weight excluding hydrogens is 381 g/mol. The fraction of sp³-hybridized carbons (Fsp3) is 0. The predicted octanol–water partition coefficient (Wildman–Crippen LogP) is 3.36. The molecule has 2 rings (SSSR count). The number of nitrogens with two attached hydrogens (primary N) is 1. The molecule has 0 atom stereocenters. The van der Waals surface area contributed by atoms with E-state index in [4.69, 9.17) is 22.4 Å². The summed E-state index contributed by atoms with van der Waals surface area (Å²) in [5.41, 5.74) is 6.65. The summed E-state index contributed by atoms with van der Waals surface area (Å²) >= 11 is 7.98. The molecule has 0 aliphatic heterocycles. The topological polar surface area (TPSA) is 88.2 Å². The fourth-order valence-corrected chi connectivity index (χ4v) is 2.48. The highest BCUT2D eigenvalue weighted by Crippen LogP contribution is 2.28. The van der Waals surface area contributed by atoms with Crippen LogP contribution in [0.1, 0.15) is 10.4 Å². The lowest BCUT2D eigenvalue weighted by atomic mass is 10.2. The van der Waals surface area contributed by atoms with Crippen molar-refractivity contribution in [3.05, 3.63) is 44.6 Å². The first-order valence-electron chi connectivity index (χ1n) is 5.19. The third kappa shape index (κ3) is 3.07. The Morgan fingerprint density at radius 1 is 1.42 bits per heavy atom. The molecule has 0 saturated carbocycles. The standard InChI is InChI=1S/C12H9ClIN3O2/c13-6-1-2-9(8(14)5-6)17-11-10(15)7(12(18)19)3-4-16-11/h1-5H,15H2,(H,16,17)(H,18,19). The number of nitrogen functional groups attached to an aromatic ring is 1. The van der Waals surface area contributed by atoms with Gasteiger partial charge in [0.2, 0.25) is 0 Å². The highest BCUT2D eigenvalue weighted by Gasteiger charge is 2.13. The molecule has 0 aliphatic rings. The zero-order chi connectivity index (χ0) is 14.0. The van der Waals surface area contributed by atoms with Crippen molar-refractivity contribution in [3.63, 3.8) is 0 Å². The first-order chi connectivity index (χ1) is 8.99. The van der Waals surface area contributed by atoms with Crippen LogP contribution < -0.4 is 11.1 Å². The number of carbonyl (C=O) groups is 1. The van der Waals surface area contributed by atoms with Crippen LogP contribution in [0, 0.1) is 3.57 Å². The molecule has 98 valence electrons. The molecule has 0 aliphatic carbocycles. The Hall–Kier alpha value is -1.54. The quantitative estimate of drug-likeness (QED) is 0.701. The third-order valence-corrected chi connectivity index (χ3v) is 3.53. The van der Waals surface area contributed by atoms with Crippen LogP contribution in [0.3, 0.4) is 0 Å². The van der Waals surface area contributed by atoms with Crippen molar-refractivity contribution in [2.45, 2.75) is 0 Å². The number of aromatic nitrogens is 1. The Labute approximate surface area is 127 Å². The van der Waals surface area contributed by atoms with Crippen LogP contribution in [0.25, 0.3) is 0 Å². The molecular formula is C12H9ClIN3O2. The van der Waals surface area contributed by atoms with Gasteiger partial charge in [0.15, 0.2) is 5.82 Å². The maximum absolute atomic E-state index is 11.0. The summed E-state index contributed by atoms with van der Waals surface area (Å²) in [6, 6.07) is 6.64. The first kappa shape index (κ1) is 13.9. The normalized spacial score (nSPS) is 10.2. The van der Waals surface area contributed by atoms with Crippen molar-refractivity contribution in [3.8, 4) is 0 Å². The lowest BCUT2D eigenvalue weighted by Crippen LogP contribution is -2.07. The molecule has 0 fully saturated rings. The van der Waals surface area contributed by atoms with E-state index >= 15 is 0 Å². The summed E-state index contributed by atoms with van der Waals surface area (Å²) in [6.45, 7) is 0. The number of benzene rings is 1. The van der Waals surface area contributed by atoms with Crippen LogP contribution in [0.5, 0.6) is 0 Å². The van der Waals surface area contributed by atoms with E-state index in [-0.39, 0.29) is 11.3 Å². The molecule has 1 heterocycles. The Balaban J connectivity index is 2.38. The lowest BCUT2D eigenvalue weighted by Gasteiger charge is -2.11. The number of carboxylic acid groups (broad SMARTS) is 1. The van der Waals surface area contributed by atoms with Gasteiger partial charge >= 0.3 is 5.97 Å². The number of pyridine rings is 1. The number of nitrogens with one attached hydrogen (secondary N) is 1. The van der Waals surface area contributed by atoms with E-state index in [1.165, 1.54) is 12.3 Å². The van der Waals surface area contributed by atoms with Crippen LogP contribution in [0.4, 0.5) is 17.2 Å². The van der Waals surface area contributed by atoms with Crippen molar-refractivity contribution in [2.24, 2.45) is 0 Å². The smallest absolute Gasteiger partial charge is 0.337 e. The average Bonchev–Trinajstić information content (AvgIpc) is 2.34. The minimum Gasteiger partial charge on any atom is -0.478 e. The summed E-state index contributed by atoms with van der Waals surface area (Å²) in [5.74, 6) is -0.783. The molecule has 0 radical (unpaired) electrons. The molecule has 0 unspecified atom stereocenters. The summed E-state index contributed by atoms with van der Waals surface area (Å²) in [5, 5.41) is 12.6. The number of hydrogen-bond donors (Lipinski definition) is 3. The second-order valence-electron chi connectivity index (χ2n) is 3.68. The molecule has 0 spiro atoms. The van der Waals surface area contributed by atoms with Gasteiger partial charge in [0.05, 0.1) is 16.9 Å². The van der Waals surface area contributed by atoms with Crippen molar-refractivity contribution >= 4 is 57.4 Å². The second kappa shape index (κ2) is 5.62. The summed E-state index contributed by atoms with van der Waals surface area (Å²) in [7, 11) is 0. The Bertz CT molecular complexity index is 649. The monoisotopic (exact) mass is 389 g/mol. The largest absolute Gasteiger partial charge is 0.478 e. The number of anilines is 3. The molecule has 19 heavy (non-hydrogen) atoms. The van der Waals surface area contributed by atoms with Crippen LogP contribution in [-0.2, 0) is 0 Å². The Morgan fingerprint density at radius 3 is 2.79 bits per heavy atom. The third-order valence-electron chi connectivity index (χ3n) is 2.40. The highest BCUT2D eigenvalue weighted by molar-refractivity contribution is 14.1. The maximum Gasteiger partial charge on any atom is 0.337 e. The van der Waals surface area contributed by atoms with Crippen molar-refractivity contribution in [1.82, 2.24) is 4.98 Å². The molecule has 0 bridgehead atoms. The van der Waals surface area contributed by atoms with E-state index in [0.717, 1.165) is 9.26 Å². The Kier molecular flexibility index (Phi) is 4.11. The molecule has 5 nitrogen and oxygen atoms in total. The van der Waals surface area contributed by atoms with Gasteiger partial charge in [0.1, 0.15) is 0 Å². The maximum atomic E-state index is 11.0. The van der Waals surface area contributed by atoms with Crippen LogP contribution >= 0.6 is 34.2 Å². The second-order valence-corrected chi connectivity index (χ2v) is 5.27. The van der Waals surface area contributed by atoms with E-state index in [1.807, 2.05) is 0 Å². The minimum atomic E-state index is -1.09.